The Balaban J connectivity index is 2.28. The maximum Gasteiger partial charge on any atom is 0.330 e. The van der Waals surface area contributed by atoms with Crippen LogP contribution in [-0.2, 0) is 14.3 Å². The van der Waals surface area contributed by atoms with E-state index < -0.39 is 42.4 Å². The number of H-pyrrole nitrogens is 1. The average molecular weight is 369 g/mol. The second-order valence-corrected chi connectivity index (χ2v) is 5.80. The first-order valence-electron chi connectivity index (χ1n) is 8.03. The number of nitrogens with one attached hydrogen (secondary N) is 1. The minimum atomic E-state index is -1.16. The molecule has 1 aromatic rings. The predicted molar refractivity (Wildman–Crippen MR) is 90.3 cm³/mol. The minimum Gasteiger partial charge on any atom is -0.394 e. The topological polar surface area (TPSA) is 126 Å². The molecule has 1 aromatic heterocycles. The molecule has 144 valence electrons. The van der Waals surface area contributed by atoms with Crippen LogP contribution in [-0.4, -0.2) is 77.1 Å². The fourth-order valence-electron chi connectivity index (χ4n) is 2.58. The summed E-state index contributed by atoms with van der Waals surface area (Å²) in [6, 6.07) is 0. The van der Waals surface area contributed by atoms with Crippen molar-refractivity contribution < 1.29 is 24.5 Å². The summed E-state index contributed by atoms with van der Waals surface area (Å²) >= 11 is 0. The molecule has 0 unspecified atom stereocenters. The summed E-state index contributed by atoms with van der Waals surface area (Å²) in [5.74, 6) is 5.18. The van der Waals surface area contributed by atoms with Crippen molar-refractivity contribution in [1.82, 2.24) is 14.6 Å². The molecule has 0 radical (unpaired) electrons. The average Bonchev–Trinajstić information content (AvgIpc) is 2.90. The second-order valence-electron chi connectivity index (χ2n) is 5.80. The zero-order chi connectivity index (χ0) is 19.3. The number of aliphatic hydroxyl groups is 2. The van der Waals surface area contributed by atoms with Gasteiger partial charge in [0.2, 0.25) is 0 Å². The van der Waals surface area contributed by atoms with Crippen molar-refractivity contribution in [1.29, 1.82) is 0 Å². The summed E-state index contributed by atoms with van der Waals surface area (Å²) in [6.45, 7) is 1.45. The Morgan fingerprint density at radius 2 is 2.12 bits per heavy atom. The molecule has 1 saturated heterocycles. The van der Waals surface area contributed by atoms with E-state index in [1.54, 1.807) is 21.0 Å². The number of nitrogens with zero attached hydrogens (tertiary/aromatic N) is 2. The Morgan fingerprint density at radius 1 is 1.38 bits per heavy atom. The molecule has 2 rings (SSSR count). The summed E-state index contributed by atoms with van der Waals surface area (Å²) in [4.78, 5) is 31.4. The Labute approximate surface area is 149 Å². The van der Waals surface area contributed by atoms with E-state index >= 15 is 0 Å². The third-order valence-electron chi connectivity index (χ3n) is 3.74. The van der Waals surface area contributed by atoms with Gasteiger partial charge in [0.1, 0.15) is 23.9 Å². The van der Waals surface area contributed by atoms with E-state index in [4.69, 9.17) is 14.3 Å². The van der Waals surface area contributed by atoms with E-state index in [9.17, 15) is 19.8 Å². The molecule has 3 N–H and O–H groups in total. The predicted octanol–water partition coefficient (Wildman–Crippen LogP) is -1.96. The highest BCUT2D eigenvalue weighted by Crippen LogP contribution is 2.30. The zero-order valence-corrected chi connectivity index (χ0v) is 14.8. The number of hydroxylamine groups is 2. The van der Waals surface area contributed by atoms with Gasteiger partial charge in [-0.25, -0.2) is 4.79 Å². The molecule has 1 fully saturated rings. The molecule has 2 heterocycles. The molecule has 0 aliphatic carbocycles. The smallest absolute Gasteiger partial charge is 0.330 e. The molecule has 4 atom stereocenters. The van der Waals surface area contributed by atoms with Gasteiger partial charge in [0.05, 0.1) is 19.8 Å². The molecule has 1 aliphatic heterocycles. The molecular formula is C16H23N3O7. The second kappa shape index (κ2) is 9.09. The van der Waals surface area contributed by atoms with Crippen LogP contribution < -0.4 is 11.2 Å². The van der Waals surface area contributed by atoms with Crippen molar-refractivity contribution in [2.75, 3.05) is 33.9 Å². The van der Waals surface area contributed by atoms with Gasteiger partial charge in [-0.2, -0.15) is 5.06 Å². The largest absolute Gasteiger partial charge is 0.394 e. The van der Waals surface area contributed by atoms with E-state index in [1.165, 1.54) is 11.3 Å². The van der Waals surface area contributed by atoms with E-state index in [-0.39, 0.29) is 18.8 Å². The Kier molecular flexibility index (Phi) is 7.10. The molecule has 0 saturated carbocycles. The van der Waals surface area contributed by atoms with Crippen molar-refractivity contribution in [2.45, 2.75) is 31.5 Å². The van der Waals surface area contributed by atoms with Crippen molar-refractivity contribution >= 4 is 0 Å². The SMILES string of the molecule is CC#Cc1cn([C@@H]2O[C@H](CO)[C@@H](O)[C@H]2OCCON(C)C)c(=O)[nH]c1=O. The van der Waals surface area contributed by atoms with Crippen LogP contribution in [0.4, 0.5) is 0 Å². The van der Waals surface area contributed by atoms with E-state index in [1.807, 2.05) is 0 Å². The van der Waals surface area contributed by atoms with Gasteiger partial charge in [0.25, 0.3) is 5.56 Å². The van der Waals surface area contributed by atoms with Crippen LogP contribution in [0.1, 0.15) is 18.7 Å². The summed E-state index contributed by atoms with van der Waals surface area (Å²) in [7, 11) is 3.43. The van der Waals surface area contributed by atoms with Crippen LogP contribution in [0.25, 0.3) is 0 Å². The van der Waals surface area contributed by atoms with Gasteiger partial charge in [-0.1, -0.05) is 5.92 Å². The Bertz CT molecular complexity index is 777. The first-order chi connectivity index (χ1) is 12.4. The Hall–Kier alpha value is -2.00. The van der Waals surface area contributed by atoms with Gasteiger partial charge in [0.15, 0.2) is 6.23 Å². The molecule has 10 heteroatoms. The first kappa shape index (κ1) is 20.3. The van der Waals surface area contributed by atoms with Crippen LogP contribution in [0.3, 0.4) is 0 Å². The third kappa shape index (κ3) is 4.59. The number of aliphatic hydroxyl groups excluding tert-OH is 2. The highest BCUT2D eigenvalue weighted by molar-refractivity contribution is 5.29. The maximum absolute atomic E-state index is 12.2. The number of aromatic amines is 1. The molecule has 10 nitrogen and oxygen atoms in total. The van der Waals surface area contributed by atoms with Crippen LogP contribution in [0.15, 0.2) is 15.8 Å². The van der Waals surface area contributed by atoms with E-state index in [0.29, 0.717) is 0 Å². The first-order valence-corrected chi connectivity index (χ1v) is 8.03. The number of hydrogen-bond donors (Lipinski definition) is 3. The van der Waals surface area contributed by atoms with Crippen LogP contribution in [0.2, 0.25) is 0 Å². The van der Waals surface area contributed by atoms with Crippen LogP contribution in [0.5, 0.6) is 0 Å². The van der Waals surface area contributed by atoms with Crippen LogP contribution in [0, 0.1) is 11.8 Å². The lowest BCUT2D eigenvalue weighted by Crippen LogP contribution is -2.40. The number of rotatable bonds is 7. The normalized spacial score (nSPS) is 25.3. The molecule has 26 heavy (non-hydrogen) atoms. The molecule has 0 amide bonds. The molecule has 0 bridgehead atoms. The zero-order valence-electron chi connectivity index (χ0n) is 14.8. The van der Waals surface area contributed by atoms with Crippen molar-refractivity contribution in [2.24, 2.45) is 0 Å². The van der Waals surface area contributed by atoms with E-state index in [0.717, 1.165) is 4.57 Å². The van der Waals surface area contributed by atoms with Gasteiger partial charge in [0, 0.05) is 20.3 Å². The minimum absolute atomic E-state index is 0.0762. The molecular weight excluding hydrogens is 346 g/mol. The van der Waals surface area contributed by atoms with Crippen molar-refractivity contribution in [3.63, 3.8) is 0 Å². The highest BCUT2D eigenvalue weighted by Gasteiger charge is 2.45. The van der Waals surface area contributed by atoms with Gasteiger partial charge in [-0.3, -0.25) is 19.2 Å². The van der Waals surface area contributed by atoms with Gasteiger partial charge in [-0.15, -0.1) is 5.92 Å². The standard InChI is InChI=1S/C16H23N3O7/c1-4-5-10-8-19(16(23)17-14(10)22)15-13(12(21)11(9-20)26-15)24-6-7-25-18(2)3/h8,11-13,15,20-21H,6-7,9H2,1-3H3,(H,17,22,23)/t11-,12-,13-,15-/m1/s1. The summed E-state index contributed by atoms with van der Waals surface area (Å²) in [5, 5.41) is 21.2. The summed E-state index contributed by atoms with van der Waals surface area (Å²) < 4.78 is 12.3. The third-order valence-corrected chi connectivity index (χ3v) is 3.74. The highest BCUT2D eigenvalue weighted by atomic mass is 16.7. The number of aromatic nitrogens is 2. The number of ether oxygens (including phenoxy) is 2. The monoisotopic (exact) mass is 369 g/mol. The molecule has 0 aromatic carbocycles. The summed E-state index contributed by atoms with van der Waals surface area (Å²) in [6.07, 6.45) is -2.82. The van der Waals surface area contributed by atoms with Gasteiger partial charge in [-0.05, 0) is 6.92 Å². The molecule has 1 aliphatic rings. The number of hydrogen-bond acceptors (Lipinski definition) is 8. The fourth-order valence-corrected chi connectivity index (χ4v) is 2.58. The lowest BCUT2D eigenvalue weighted by atomic mass is 10.1. The van der Waals surface area contributed by atoms with Crippen LogP contribution >= 0.6 is 0 Å². The quantitative estimate of drug-likeness (QED) is 0.287. The van der Waals surface area contributed by atoms with Crippen molar-refractivity contribution in [3.8, 4) is 11.8 Å². The molecule has 0 spiro atoms. The van der Waals surface area contributed by atoms with Crippen molar-refractivity contribution in [3.05, 3.63) is 32.6 Å². The van der Waals surface area contributed by atoms with E-state index in [2.05, 4.69) is 16.8 Å². The Morgan fingerprint density at radius 3 is 2.73 bits per heavy atom. The fraction of sp³-hybridized carbons (Fsp3) is 0.625. The van der Waals surface area contributed by atoms with Gasteiger partial charge >= 0.3 is 5.69 Å². The maximum atomic E-state index is 12.2. The lowest BCUT2D eigenvalue weighted by Gasteiger charge is -2.22. The van der Waals surface area contributed by atoms with Gasteiger partial charge < -0.3 is 19.7 Å². The summed E-state index contributed by atoms with van der Waals surface area (Å²) in [5.41, 5.74) is -1.27. The lowest BCUT2D eigenvalue weighted by molar-refractivity contribution is -0.151.